The van der Waals surface area contributed by atoms with Crippen LogP contribution in [0.2, 0.25) is 0 Å². The Morgan fingerprint density at radius 2 is 2.58 bits per heavy atom. The van der Waals surface area contributed by atoms with E-state index in [2.05, 4.69) is 16.0 Å². The number of aromatic nitrogens is 3. The van der Waals surface area contributed by atoms with Crippen molar-refractivity contribution in [2.24, 2.45) is 5.73 Å². The first kappa shape index (κ1) is 8.75. The van der Waals surface area contributed by atoms with Gasteiger partial charge in [0, 0.05) is 6.42 Å². The van der Waals surface area contributed by atoms with Crippen LogP contribution in [0.4, 0.5) is 0 Å². The van der Waals surface area contributed by atoms with E-state index in [1.165, 1.54) is 0 Å². The third-order valence-electron chi connectivity index (χ3n) is 1.45. The molecule has 1 aromatic heterocycles. The van der Waals surface area contributed by atoms with Crippen LogP contribution in [0.3, 0.4) is 0 Å². The Morgan fingerprint density at radius 1 is 1.83 bits per heavy atom. The highest BCUT2D eigenvalue weighted by Crippen LogP contribution is 2.00. The zero-order valence-corrected chi connectivity index (χ0v) is 7.07. The summed E-state index contributed by atoms with van der Waals surface area (Å²) >= 11 is 0. The second-order valence-corrected chi connectivity index (χ2v) is 2.61. The Hall–Kier alpha value is -1.34. The van der Waals surface area contributed by atoms with Gasteiger partial charge in [0.2, 0.25) is 0 Å². The van der Waals surface area contributed by atoms with Crippen molar-refractivity contribution in [3.63, 3.8) is 0 Å². The highest BCUT2D eigenvalue weighted by Gasteiger charge is 2.03. The van der Waals surface area contributed by atoms with Crippen molar-refractivity contribution >= 4 is 0 Å². The maximum Gasteiger partial charge on any atom is 0.166 e. The van der Waals surface area contributed by atoms with Gasteiger partial charge in [-0.05, 0) is 6.92 Å². The predicted octanol–water partition coefficient (Wildman–Crippen LogP) is 0.321. The molecule has 1 unspecified atom stereocenters. The molecule has 0 amide bonds. The lowest BCUT2D eigenvalue weighted by molar-refractivity contribution is 0.607. The van der Waals surface area contributed by atoms with Crippen LogP contribution in [-0.2, 0) is 6.54 Å². The second-order valence-electron chi connectivity index (χ2n) is 2.61. The minimum atomic E-state index is -0.114. The Morgan fingerprint density at radius 3 is 3.08 bits per heavy atom. The van der Waals surface area contributed by atoms with Gasteiger partial charge in [0.05, 0.1) is 12.6 Å². The van der Waals surface area contributed by atoms with E-state index in [-0.39, 0.29) is 6.04 Å². The van der Waals surface area contributed by atoms with E-state index in [9.17, 15) is 0 Å². The number of aryl methyl sites for hydroxylation is 1. The van der Waals surface area contributed by atoms with Gasteiger partial charge in [-0.3, -0.25) is 4.68 Å². The lowest BCUT2D eigenvalue weighted by atomic mass is 10.3. The molecule has 0 radical (unpaired) electrons. The largest absolute Gasteiger partial charge is 0.321 e. The van der Waals surface area contributed by atoms with Crippen LogP contribution in [0, 0.1) is 12.3 Å². The van der Waals surface area contributed by atoms with Crippen LogP contribution in [0.1, 0.15) is 25.2 Å². The molecule has 4 heteroatoms. The van der Waals surface area contributed by atoms with Crippen LogP contribution < -0.4 is 5.73 Å². The molecule has 0 saturated heterocycles. The summed E-state index contributed by atoms with van der Waals surface area (Å²) < 4.78 is 1.71. The quantitative estimate of drug-likeness (QED) is 0.654. The maximum atomic E-state index is 5.58. The van der Waals surface area contributed by atoms with Gasteiger partial charge in [-0.1, -0.05) is 0 Å². The maximum absolute atomic E-state index is 5.58. The molecule has 1 atom stereocenters. The zero-order chi connectivity index (χ0) is 8.97. The van der Waals surface area contributed by atoms with Gasteiger partial charge in [-0.25, -0.2) is 4.98 Å². The van der Waals surface area contributed by atoms with Gasteiger partial charge >= 0.3 is 0 Å². The van der Waals surface area contributed by atoms with Crippen LogP contribution in [0.25, 0.3) is 0 Å². The molecular weight excluding hydrogens is 152 g/mol. The predicted molar refractivity (Wildman–Crippen MR) is 46.1 cm³/mol. The topological polar surface area (TPSA) is 56.7 Å². The molecular formula is C8H12N4. The lowest BCUT2D eigenvalue weighted by Crippen LogP contribution is -2.08. The van der Waals surface area contributed by atoms with Crippen LogP contribution in [-0.4, -0.2) is 14.8 Å². The summed E-state index contributed by atoms with van der Waals surface area (Å²) in [5.41, 5.74) is 5.58. The van der Waals surface area contributed by atoms with E-state index in [1.54, 1.807) is 11.0 Å². The normalized spacial score (nSPS) is 12.4. The Bertz CT molecular complexity index is 281. The van der Waals surface area contributed by atoms with Gasteiger partial charge in [0.25, 0.3) is 0 Å². The van der Waals surface area contributed by atoms with E-state index < -0.39 is 0 Å². The highest BCUT2D eigenvalue weighted by molar-refractivity contribution is 4.89. The van der Waals surface area contributed by atoms with Crippen molar-refractivity contribution in [1.29, 1.82) is 0 Å². The molecule has 2 N–H and O–H groups in total. The molecule has 0 saturated carbocycles. The zero-order valence-electron chi connectivity index (χ0n) is 7.07. The molecule has 4 nitrogen and oxygen atoms in total. The summed E-state index contributed by atoms with van der Waals surface area (Å²) in [6.45, 7) is 2.55. The van der Waals surface area contributed by atoms with Gasteiger partial charge < -0.3 is 5.73 Å². The van der Waals surface area contributed by atoms with Crippen molar-refractivity contribution in [2.45, 2.75) is 25.9 Å². The Labute approximate surface area is 71.8 Å². The lowest BCUT2D eigenvalue weighted by Gasteiger charge is -1.96. The molecule has 0 spiro atoms. The number of nitrogens with zero attached hydrogens (tertiary/aromatic N) is 3. The Kier molecular flexibility index (Phi) is 2.83. The standard InChI is InChI=1S/C8H12N4/c1-3-4-5-12-6-10-8(11-12)7(2)9/h1,6-7H,4-5,9H2,2H3. The SMILES string of the molecule is C#CCCn1cnc(C(C)N)n1. The second kappa shape index (κ2) is 3.88. The van der Waals surface area contributed by atoms with Crippen molar-refractivity contribution in [1.82, 2.24) is 14.8 Å². The van der Waals surface area contributed by atoms with E-state index >= 15 is 0 Å². The van der Waals surface area contributed by atoms with Crippen molar-refractivity contribution in [3.05, 3.63) is 12.2 Å². The third-order valence-corrected chi connectivity index (χ3v) is 1.45. The van der Waals surface area contributed by atoms with Crippen molar-refractivity contribution in [2.75, 3.05) is 0 Å². The number of rotatable bonds is 3. The van der Waals surface area contributed by atoms with Gasteiger partial charge in [0.15, 0.2) is 5.82 Å². The summed E-state index contributed by atoms with van der Waals surface area (Å²) in [7, 11) is 0. The molecule has 0 bridgehead atoms. The van der Waals surface area contributed by atoms with E-state index in [0.29, 0.717) is 18.8 Å². The fourth-order valence-electron chi connectivity index (χ4n) is 0.805. The summed E-state index contributed by atoms with van der Waals surface area (Å²) in [6.07, 6.45) is 7.42. The minimum Gasteiger partial charge on any atom is -0.321 e. The number of nitrogens with two attached hydrogens (primary N) is 1. The number of hydrogen-bond acceptors (Lipinski definition) is 3. The average Bonchev–Trinajstić information content (AvgIpc) is 2.48. The molecule has 0 aliphatic rings. The monoisotopic (exact) mass is 164 g/mol. The summed E-state index contributed by atoms with van der Waals surface area (Å²) in [4.78, 5) is 4.03. The molecule has 64 valence electrons. The highest BCUT2D eigenvalue weighted by atomic mass is 15.3. The van der Waals surface area contributed by atoms with E-state index in [1.807, 2.05) is 6.92 Å². The van der Waals surface area contributed by atoms with E-state index in [0.717, 1.165) is 0 Å². The molecule has 1 rings (SSSR count). The fraction of sp³-hybridized carbons (Fsp3) is 0.500. The minimum absolute atomic E-state index is 0.114. The van der Waals surface area contributed by atoms with Gasteiger partial charge in [-0.2, -0.15) is 5.10 Å². The molecule has 0 aliphatic heterocycles. The summed E-state index contributed by atoms with van der Waals surface area (Å²) in [5.74, 6) is 3.19. The van der Waals surface area contributed by atoms with Crippen LogP contribution in [0.5, 0.6) is 0 Å². The number of hydrogen-bond donors (Lipinski definition) is 1. The molecule has 12 heavy (non-hydrogen) atoms. The molecule has 0 aliphatic carbocycles. The van der Waals surface area contributed by atoms with Gasteiger partial charge in [-0.15, -0.1) is 12.3 Å². The van der Waals surface area contributed by atoms with Crippen molar-refractivity contribution in [3.8, 4) is 12.3 Å². The summed E-state index contributed by atoms with van der Waals surface area (Å²) in [6, 6.07) is -0.114. The van der Waals surface area contributed by atoms with Gasteiger partial charge in [0.1, 0.15) is 6.33 Å². The molecule has 0 aromatic carbocycles. The fourth-order valence-corrected chi connectivity index (χ4v) is 0.805. The Balaban J connectivity index is 2.59. The first-order chi connectivity index (χ1) is 5.74. The van der Waals surface area contributed by atoms with Crippen LogP contribution in [0.15, 0.2) is 6.33 Å². The summed E-state index contributed by atoms with van der Waals surface area (Å²) in [5, 5.41) is 4.13. The third kappa shape index (κ3) is 2.07. The van der Waals surface area contributed by atoms with E-state index in [4.69, 9.17) is 12.2 Å². The van der Waals surface area contributed by atoms with Crippen LogP contribution >= 0.6 is 0 Å². The first-order valence-corrected chi connectivity index (χ1v) is 3.82. The molecule has 0 fully saturated rings. The average molecular weight is 164 g/mol. The number of terminal acetylenes is 1. The molecule has 1 aromatic rings. The first-order valence-electron chi connectivity index (χ1n) is 3.82. The molecule has 1 heterocycles. The van der Waals surface area contributed by atoms with Crippen molar-refractivity contribution < 1.29 is 0 Å². The smallest absolute Gasteiger partial charge is 0.166 e.